The molecule has 0 aliphatic carbocycles. The Hall–Kier alpha value is -2.82. The molecule has 0 spiro atoms. The van der Waals surface area contributed by atoms with Crippen LogP contribution < -0.4 is 4.74 Å². The van der Waals surface area contributed by atoms with Crippen LogP contribution in [0.4, 0.5) is 0 Å². The van der Waals surface area contributed by atoms with E-state index in [1.807, 2.05) is 40.1 Å². The van der Waals surface area contributed by atoms with E-state index in [4.69, 9.17) is 4.74 Å². The lowest BCUT2D eigenvalue weighted by Gasteiger charge is -2.38. The second-order valence-corrected chi connectivity index (χ2v) is 7.90. The highest BCUT2D eigenvalue weighted by molar-refractivity contribution is 5.80. The summed E-state index contributed by atoms with van der Waals surface area (Å²) in [4.78, 5) is 29.5. The zero-order chi connectivity index (χ0) is 20.4. The molecule has 5 nitrogen and oxygen atoms in total. The molecule has 2 amide bonds. The monoisotopic (exact) mass is 392 g/mol. The van der Waals surface area contributed by atoms with Crippen molar-refractivity contribution in [2.45, 2.75) is 44.7 Å². The van der Waals surface area contributed by atoms with Gasteiger partial charge in [-0.2, -0.15) is 0 Å². The number of carbonyl (C=O) groups excluding carboxylic acids is 2. The summed E-state index contributed by atoms with van der Waals surface area (Å²) in [6.07, 6.45) is 3.12. The number of rotatable bonds is 4. The van der Waals surface area contributed by atoms with Crippen LogP contribution in [0.3, 0.4) is 0 Å². The van der Waals surface area contributed by atoms with Crippen molar-refractivity contribution in [1.29, 1.82) is 0 Å². The Labute approximate surface area is 172 Å². The second kappa shape index (κ2) is 8.27. The van der Waals surface area contributed by atoms with Gasteiger partial charge in [0.15, 0.2) is 0 Å². The molecule has 0 aromatic heterocycles. The van der Waals surface area contributed by atoms with Gasteiger partial charge in [0.1, 0.15) is 5.75 Å². The first kappa shape index (κ1) is 19.5. The molecule has 1 saturated heterocycles. The molecule has 2 aromatic rings. The first-order valence-corrected chi connectivity index (χ1v) is 10.4. The zero-order valence-corrected chi connectivity index (χ0v) is 17.1. The van der Waals surface area contributed by atoms with E-state index in [1.165, 1.54) is 5.56 Å². The van der Waals surface area contributed by atoms with E-state index in [0.717, 1.165) is 42.7 Å². The van der Waals surface area contributed by atoms with Crippen LogP contribution in [0.1, 0.15) is 55.0 Å². The minimum absolute atomic E-state index is 0.0306. The Bertz CT molecular complexity index is 911. The van der Waals surface area contributed by atoms with Gasteiger partial charge >= 0.3 is 0 Å². The average molecular weight is 392 g/mol. The van der Waals surface area contributed by atoms with Crippen molar-refractivity contribution in [2.24, 2.45) is 0 Å². The summed E-state index contributed by atoms with van der Waals surface area (Å²) in [6, 6.07) is 16.1. The molecule has 0 N–H and O–H groups in total. The molecule has 2 atom stereocenters. The third-order valence-electron chi connectivity index (χ3n) is 6.24. The molecule has 5 heteroatoms. The maximum atomic E-state index is 13.4. The van der Waals surface area contributed by atoms with E-state index in [0.29, 0.717) is 13.0 Å². The van der Waals surface area contributed by atoms with Crippen molar-refractivity contribution in [1.82, 2.24) is 9.80 Å². The lowest BCUT2D eigenvalue weighted by atomic mass is 9.90. The fourth-order valence-corrected chi connectivity index (χ4v) is 4.79. The minimum atomic E-state index is -0.184. The molecule has 2 aromatic carbocycles. The van der Waals surface area contributed by atoms with Crippen molar-refractivity contribution in [2.75, 3.05) is 20.2 Å². The van der Waals surface area contributed by atoms with E-state index in [1.54, 1.807) is 14.0 Å². The van der Waals surface area contributed by atoms with Crippen molar-refractivity contribution in [3.63, 3.8) is 0 Å². The SMILES string of the molecule is COc1cccc(C2CCCN2C(=O)CC2c3ccccc3CCN2C(C)=O)c1. The molecule has 1 fully saturated rings. The summed E-state index contributed by atoms with van der Waals surface area (Å²) < 4.78 is 5.36. The molecule has 2 aliphatic heterocycles. The number of methoxy groups -OCH3 is 1. The van der Waals surface area contributed by atoms with Crippen LogP contribution in [0.2, 0.25) is 0 Å². The summed E-state index contributed by atoms with van der Waals surface area (Å²) in [6.45, 7) is 3.03. The van der Waals surface area contributed by atoms with Crippen LogP contribution >= 0.6 is 0 Å². The molecule has 0 radical (unpaired) electrons. The summed E-state index contributed by atoms with van der Waals surface area (Å²) in [5, 5.41) is 0. The lowest BCUT2D eigenvalue weighted by molar-refractivity contribution is -0.137. The molecule has 4 rings (SSSR count). The predicted octanol–water partition coefficient (Wildman–Crippen LogP) is 3.89. The van der Waals surface area contributed by atoms with Gasteiger partial charge in [0.05, 0.1) is 25.6 Å². The topological polar surface area (TPSA) is 49.9 Å². The zero-order valence-electron chi connectivity index (χ0n) is 17.1. The van der Waals surface area contributed by atoms with Gasteiger partial charge in [-0.1, -0.05) is 36.4 Å². The Balaban J connectivity index is 1.58. The maximum absolute atomic E-state index is 13.4. The fraction of sp³-hybridized carbons (Fsp3) is 0.417. The van der Waals surface area contributed by atoms with Crippen LogP contribution in [0.25, 0.3) is 0 Å². The van der Waals surface area contributed by atoms with Crippen molar-refractivity contribution < 1.29 is 14.3 Å². The van der Waals surface area contributed by atoms with Gasteiger partial charge in [0, 0.05) is 20.0 Å². The number of nitrogens with zero attached hydrogens (tertiary/aromatic N) is 2. The van der Waals surface area contributed by atoms with Gasteiger partial charge < -0.3 is 14.5 Å². The Morgan fingerprint density at radius 3 is 2.69 bits per heavy atom. The Morgan fingerprint density at radius 2 is 1.90 bits per heavy atom. The predicted molar refractivity (Wildman–Crippen MR) is 112 cm³/mol. The number of fused-ring (bicyclic) bond motifs is 1. The van der Waals surface area contributed by atoms with Crippen LogP contribution in [0.5, 0.6) is 5.75 Å². The average Bonchev–Trinajstić information content (AvgIpc) is 3.24. The minimum Gasteiger partial charge on any atom is -0.497 e. The standard InChI is InChI=1S/C24H28N2O3/c1-17(27)25-14-12-18-7-3-4-10-21(18)23(25)16-24(28)26-13-6-11-22(26)19-8-5-9-20(15-19)29-2/h3-5,7-10,15,22-23H,6,11-14,16H2,1-2H3. The lowest BCUT2D eigenvalue weighted by Crippen LogP contribution is -2.42. The molecule has 2 unspecified atom stereocenters. The molecule has 29 heavy (non-hydrogen) atoms. The van der Waals surface area contributed by atoms with Crippen molar-refractivity contribution in [3.8, 4) is 5.75 Å². The third-order valence-corrected chi connectivity index (χ3v) is 6.24. The first-order valence-electron chi connectivity index (χ1n) is 10.4. The maximum Gasteiger partial charge on any atom is 0.225 e. The number of carbonyl (C=O) groups is 2. The number of likely N-dealkylation sites (tertiary alicyclic amines) is 1. The Morgan fingerprint density at radius 1 is 1.07 bits per heavy atom. The van der Waals surface area contributed by atoms with Crippen LogP contribution in [-0.2, 0) is 16.0 Å². The van der Waals surface area contributed by atoms with Gasteiger partial charge in [0.25, 0.3) is 0 Å². The quantitative estimate of drug-likeness (QED) is 0.793. The van der Waals surface area contributed by atoms with Gasteiger partial charge in [-0.3, -0.25) is 9.59 Å². The molecule has 2 heterocycles. The van der Waals surface area contributed by atoms with Gasteiger partial charge in [-0.25, -0.2) is 0 Å². The Kier molecular flexibility index (Phi) is 5.56. The van der Waals surface area contributed by atoms with E-state index < -0.39 is 0 Å². The molecular formula is C24H28N2O3. The highest BCUT2D eigenvalue weighted by atomic mass is 16.5. The highest BCUT2D eigenvalue weighted by Crippen LogP contribution is 2.37. The second-order valence-electron chi connectivity index (χ2n) is 7.90. The summed E-state index contributed by atoms with van der Waals surface area (Å²) in [5.41, 5.74) is 3.47. The van der Waals surface area contributed by atoms with Crippen molar-refractivity contribution in [3.05, 3.63) is 65.2 Å². The molecule has 2 aliphatic rings. The number of ether oxygens (including phenoxy) is 1. The smallest absolute Gasteiger partial charge is 0.225 e. The number of amides is 2. The highest BCUT2D eigenvalue weighted by Gasteiger charge is 2.35. The summed E-state index contributed by atoms with van der Waals surface area (Å²) in [5.74, 6) is 0.956. The van der Waals surface area contributed by atoms with E-state index in [-0.39, 0.29) is 23.9 Å². The molecule has 0 saturated carbocycles. The van der Waals surface area contributed by atoms with Crippen LogP contribution in [0, 0.1) is 0 Å². The summed E-state index contributed by atoms with van der Waals surface area (Å²) in [7, 11) is 1.66. The third kappa shape index (κ3) is 3.86. The molecule has 0 bridgehead atoms. The molecule has 152 valence electrons. The van der Waals surface area contributed by atoms with Crippen molar-refractivity contribution >= 4 is 11.8 Å². The summed E-state index contributed by atoms with van der Waals surface area (Å²) >= 11 is 0. The number of hydrogen-bond donors (Lipinski definition) is 0. The van der Waals surface area contributed by atoms with E-state index in [9.17, 15) is 9.59 Å². The van der Waals surface area contributed by atoms with Crippen LogP contribution in [0.15, 0.2) is 48.5 Å². The van der Waals surface area contributed by atoms with Gasteiger partial charge in [0.2, 0.25) is 11.8 Å². The van der Waals surface area contributed by atoms with Gasteiger partial charge in [-0.15, -0.1) is 0 Å². The number of benzene rings is 2. The van der Waals surface area contributed by atoms with Crippen LogP contribution in [-0.4, -0.2) is 41.8 Å². The molecular weight excluding hydrogens is 364 g/mol. The number of hydrogen-bond acceptors (Lipinski definition) is 3. The fourth-order valence-electron chi connectivity index (χ4n) is 4.79. The van der Waals surface area contributed by atoms with Gasteiger partial charge in [-0.05, 0) is 48.1 Å². The first-order chi connectivity index (χ1) is 14.1. The largest absolute Gasteiger partial charge is 0.497 e. The van der Waals surface area contributed by atoms with E-state index in [2.05, 4.69) is 18.2 Å². The van der Waals surface area contributed by atoms with E-state index >= 15 is 0 Å². The normalized spacial score (nSPS) is 21.0.